The zero-order valence-electron chi connectivity index (χ0n) is 11.4. The maximum atomic E-state index is 12.0. The molecular formula is C15H22O3. The van der Waals surface area contributed by atoms with Crippen LogP contribution in [-0.4, -0.2) is 17.9 Å². The van der Waals surface area contributed by atoms with Gasteiger partial charge in [-0.15, -0.1) is 0 Å². The second-order valence-electron chi connectivity index (χ2n) is 6.83. The molecule has 1 heterocycles. The normalized spacial score (nSPS) is 51.6. The van der Waals surface area contributed by atoms with Crippen molar-refractivity contribution in [1.29, 1.82) is 0 Å². The fourth-order valence-electron chi connectivity index (χ4n) is 4.62. The largest absolute Gasteiger partial charge is 0.461 e. The van der Waals surface area contributed by atoms with Gasteiger partial charge in [0.15, 0.2) is 0 Å². The fraction of sp³-hybridized carbons (Fsp3) is 0.867. The number of Topliss-reactive ketones (excluding diaryl/α,β-unsaturated/α-hetero) is 1. The first-order chi connectivity index (χ1) is 8.44. The van der Waals surface area contributed by atoms with Gasteiger partial charge in [0.05, 0.1) is 5.92 Å². The molecule has 0 spiro atoms. The van der Waals surface area contributed by atoms with Crippen LogP contribution in [-0.2, 0) is 14.3 Å². The number of hydrogen-bond donors (Lipinski definition) is 0. The maximum absolute atomic E-state index is 12.0. The first kappa shape index (κ1) is 12.2. The molecule has 0 amide bonds. The topological polar surface area (TPSA) is 43.4 Å². The Kier molecular flexibility index (Phi) is 2.58. The lowest BCUT2D eigenvalue weighted by Crippen LogP contribution is -2.52. The Morgan fingerprint density at radius 2 is 1.89 bits per heavy atom. The molecule has 100 valence electrons. The molecule has 0 bridgehead atoms. The Morgan fingerprint density at radius 3 is 2.61 bits per heavy atom. The monoisotopic (exact) mass is 250 g/mol. The average Bonchev–Trinajstić information content (AvgIpc) is 2.60. The number of ether oxygens (including phenoxy) is 1. The van der Waals surface area contributed by atoms with Crippen molar-refractivity contribution in [3.63, 3.8) is 0 Å². The Bertz CT molecular complexity index is 403. The van der Waals surface area contributed by atoms with Crippen LogP contribution < -0.4 is 0 Å². The minimum Gasteiger partial charge on any atom is -0.461 e. The number of hydrogen-bond acceptors (Lipinski definition) is 3. The molecule has 0 radical (unpaired) electrons. The van der Waals surface area contributed by atoms with E-state index in [0.717, 1.165) is 19.3 Å². The summed E-state index contributed by atoms with van der Waals surface area (Å²) in [6.07, 6.45) is 3.87. The third kappa shape index (κ3) is 1.49. The Balaban J connectivity index is 1.96. The molecule has 0 aromatic carbocycles. The van der Waals surface area contributed by atoms with Crippen LogP contribution in [0.5, 0.6) is 0 Å². The highest BCUT2D eigenvalue weighted by molar-refractivity contribution is 5.82. The Hall–Kier alpha value is -0.860. The van der Waals surface area contributed by atoms with Crippen LogP contribution in [0.25, 0.3) is 0 Å². The van der Waals surface area contributed by atoms with E-state index in [0.29, 0.717) is 18.1 Å². The third-order valence-corrected chi connectivity index (χ3v) is 5.88. The average molecular weight is 250 g/mol. The summed E-state index contributed by atoms with van der Waals surface area (Å²) in [6.45, 7) is 6.29. The molecule has 2 aliphatic carbocycles. The molecule has 3 nitrogen and oxygen atoms in total. The molecule has 0 N–H and O–H groups in total. The van der Waals surface area contributed by atoms with Gasteiger partial charge in [-0.25, -0.2) is 0 Å². The smallest absolute Gasteiger partial charge is 0.309 e. The van der Waals surface area contributed by atoms with E-state index < -0.39 is 0 Å². The van der Waals surface area contributed by atoms with Crippen molar-refractivity contribution in [1.82, 2.24) is 0 Å². The molecule has 18 heavy (non-hydrogen) atoms. The van der Waals surface area contributed by atoms with Crippen LogP contribution in [0.4, 0.5) is 0 Å². The van der Waals surface area contributed by atoms with Crippen LogP contribution >= 0.6 is 0 Å². The van der Waals surface area contributed by atoms with Gasteiger partial charge in [0, 0.05) is 24.2 Å². The van der Waals surface area contributed by atoms with Gasteiger partial charge in [0.2, 0.25) is 0 Å². The second kappa shape index (κ2) is 3.82. The molecular weight excluding hydrogens is 228 g/mol. The number of fused-ring (bicyclic) bond motifs is 3. The van der Waals surface area contributed by atoms with Crippen LogP contribution in [0.1, 0.15) is 46.5 Å². The van der Waals surface area contributed by atoms with Crippen molar-refractivity contribution >= 4 is 11.8 Å². The lowest BCUT2D eigenvalue weighted by molar-refractivity contribution is -0.158. The van der Waals surface area contributed by atoms with Gasteiger partial charge in [-0.2, -0.15) is 0 Å². The number of ketones is 1. The summed E-state index contributed by atoms with van der Waals surface area (Å²) in [5, 5.41) is 0. The van der Waals surface area contributed by atoms with Crippen molar-refractivity contribution in [2.24, 2.45) is 29.1 Å². The minimum atomic E-state index is -0.0560. The quantitative estimate of drug-likeness (QED) is 0.621. The first-order valence-electron chi connectivity index (χ1n) is 7.17. The third-order valence-electron chi connectivity index (χ3n) is 5.88. The van der Waals surface area contributed by atoms with Crippen LogP contribution in [0.2, 0.25) is 0 Å². The molecule has 6 atom stereocenters. The van der Waals surface area contributed by atoms with Gasteiger partial charge < -0.3 is 4.74 Å². The van der Waals surface area contributed by atoms with Gasteiger partial charge in [-0.05, 0) is 24.7 Å². The number of esters is 1. The van der Waals surface area contributed by atoms with E-state index in [1.807, 2.05) is 13.8 Å². The van der Waals surface area contributed by atoms with Crippen molar-refractivity contribution in [2.45, 2.75) is 52.6 Å². The molecule has 3 fully saturated rings. The number of carbonyl (C=O) groups is 2. The van der Waals surface area contributed by atoms with Crippen molar-refractivity contribution in [2.75, 3.05) is 0 Å². The van der Waals surface area contributed by atoms with E-state index in [2.05, 4.69) is 6.92 Å². The highest BCUT2D eigenvalue weighted by Gasteiger charge is 2.58. The zero-order chi connectivity index (χ0) is 13.1. The SMILES string of the molecule is C[C@H]1C(=O)O[C@H]2[C@H]1CC[C@@]1(C)CCC(=O)[C@H](C)[C@H]21. The molecule has 0 aromatic rings. The summed E-state index contributed by atoms with van der Waals surface area (Å²) >= 11 is 0. The first-order valence-corrected chi connectivity index (χ1v) is 7.17. The molecule has 1 aliphatic heterocycles. The van der Waals surface area contributed by atoms with Gasteiger partial charge in [-0.1, -0.05) is 20.8 Å². The predicted octanol–water partition coefficient (Wildman–Crippen LogP) is 2.58. The molecule has 1 saturated heterocycles. The zero-order valence-corrected chi connectivity index (χ0v) is 11.4. The Morgan fingerprint density at radius 1 is 1.17 bits per heavy atom. The van der Waals surface area contributed by atoms with E-state index >= 15 is 0 Å². The number of rotatable bonds is 0. The highest BCUT2D eigenvalue weighted by Crippen LogP contribution is 2.56. The van der Waals surface area contributed by atoms with Gasteiger partial charge in [-0.3, -0.25) is 9.59 Å². The molecule has 3 rings (SSSR count). The molecule has 0 aromatic heterocycles. The second-order valence-corrected chi connectivity index (χ2v) is 6.83. The lowest BCUT2D eigenvalue weighted by Gasteiger charge is -2.51. The summed E-state index contributed by atoms with van der Waals surface area (Å²) in [5.74, 6) is 0.946. The predicted molar refractivity (Wildman–Crippen MR) is 66.8 cm³/mol. The Labute approximate surface area is 108 Å². The fourth-order valence-corrected chi connectivity index (χ4v) is 4.62. The highest BCUT2D eigenvalue weighted by atomic mass is 16.6. The summed E-state index contributed by atoms with van der Waals surface area (Å²) in [4.78, 5) is 23.8. The van der Waals surface area contributed by atoms with E-state index in [1.54, 1.807) is 0 Å². The van der Waals surface area contributed by atoms with Gasteiger partial charge in [0.1, 0.15) is 11.9 Å². The van der Waals surface area contributed by atoms with E-state index in [-0.39, 0.29) is 35.2 Å². The van der Waals surface area contributed by atoms with Crippen molar-refractivity contribution < 1.29 is 14.3 Å². The standard InChI is InChI=1S/C15H22O3/c1-8-10-4-6-15(3)7-5-11(16)9(2)12(15)13(10)18-14(8)17/h8-10,12-13H,4-7H2,1-3H3/t8-,9+,10+,12-,13+,15+/m1/s1. The van der Waals surface area contributed by atoms with E-state index in [9.17, 15) is 9.59 Å². The van der Waals surface area contributed by atoms with E-state index in [4.69, 9.17) is 4.74 Å². The molecule has 3 heteroatoms. The molecule has 0 unspecified atom stereocenters. The molecule has 3 aliphatic rings. The van der Waals surface area contributed by atoms with Gasteiger partial charge >= 0.3 is 5.97 Å². The maximum Gasteiger partial charge on any atom is 0.309 e. The summed E-state index contributed by atoms with van der Waals surface area (Å²) < 4.78 is 5.64. The van der Waals surface area contributed by atoms with Gasteiger partial charge in [0.25, 0.3) is 0 Å². The van der Waals surface area contributed by atoms with Crippen molar-refractivity contribution in [3.8, 4) is 0 Å². The van der Waals surface area contributed by atoms with Crippen LogP contribution in [0, 0.1) is 29.1 Å². The number of carbonyl (C=O) groups excluding carboxylic acids is 2. The summed E-state index contributed by atoms with van der Waals surface area (Å²) in [5.41, 5.74) is 0.193. The lowest BCUT2D eigenvalue weighted by atomic mass is 9.53. The van der Waals surface area contributed by atoms with Crippen molar-refractivity contribution in [3.05, 3.63) is 0 Å². The molecule has 2 saturated carbocycles. The minimum absolute atomic E-state index is 0.00880. The summed E-state index contributed by atoms with van der Waals surface area (Å²) in [6, 6.07) is 0. The summed E-state index contributed by atoms with van der Waals surface area (Å²) in [7, 11) is 0. The van der Waals surface area contributed by atoms with Crippen LogP contribution in [0.3, 0.4) is 0 Å². The van der Waals surface area contributed by atoms with Crippen LogP contribution in [0.15, 0.2) is 0 Å². The van der Waals surface area contributed by atoms with E-state index in [1.165, 1.54) is 0 Å².